The van der Waals surface area contributed by atoms with Crippen LogP contribution in [0.1, 0.15) is 5.56 Å². The Morgan fingerprint density at radius 2 is 1.74 bits per heavy atom. The molecule has 19 heavy (non-hydrogen) atoms. The normalized spacial score (nSPS) is 10.8. The van der Waals surface area contributed by atoms with Gasteiger partial charge in [0.15, 0.2) is 0 Å². The molecular weight excluding hydrogens is 320 g/mol. The molecule has 3 rings (SSSR count). The first-order valence-electron chi connectivity index (χ1n) is 5.90. The van der Waals surface area contributed by atoms with E-state index in [0.717, 1.165) is 20.8 Å². The zero-order valence-electron chi connectivity index (χ0n) is 10.1. The largest absolute Gasteiger partial charge is 0.256 e. The fourth-order valence-electron chi connectivity index (χ4n) is 1.91. The second-order valence-electron chi connectivity index (χ2n) is 4.07. The predicted molar refractivity (Wildman–Crippen MR) is 83.2 cm³/mol. The summed E-state index contributed by atoms with van der Waals surface area (Å²) in [4.78, 5) is 8.84. The van der Waals surface area contributed by atoms with E-state index in [1.807, 2.05) is 30.6 Å². The number of benzene rings is 1. The highest BCUT2D eigenvalue weighted by Gasteiger charge is 2.05. The Bertz CT molecular complexity index is 710. The highest BCUT2D eigenvalue weighted by atomic mass is 79.9. The van der Waals surface area contributed by atoms with Crippen LogP contribution >= 0.6 is 27.7 Å². The summed E-state index contributed by atoms with van der Waals surface area (Å²) in [5.41, 5.74) is 2.31. The lowest BCUT2D eigenvalue weighted by molar-refractivity contribution is 1.11. The van der Waals surface area contributed by atoms with Crippen molar-refractivity contribution in [1.29, 1.82) is 0 Å². The van der Waals surface area contributed by atoms with Crippen LogP contribution in [0.25, 0.3) is 10.9 Å². The van der Waals surface area contributed by atoms with Crippen LogP contribution in [0.4, 0.5) is 0 Å². The fourth-order valence-corrected chi connectivity index (χ4v) is 3.37. The third-order valence-electron chi connectivity index (χ3n) is 2.81. The summed E-state index contributed by atoms with van der Waals surface area (Å²) in [5, 5.41) is 2.19. The average Bonchev–Trinajstić information content (AvgIpc) is 2.46. The van der Waals surface area contributed by atoms with Crippen molar-refractivity contribution in [1.82, 2.24) is 9.97 Å². The second kappa shape index (κ2) is 5.72. The number of pyridine rings is 2. The summed E-state index contributed by atoms with van der Waals surface area (Å²) in [5.74, 6) is 0.865. The SMILES string of the molecule is Brc1cccnc1SCc1cccc2cccnc12. The van der Waals surface area contributed by atoms with Crippen molar-refractivity contribution in [2.45, 2.75) is 10.8 Å². The third-order valence-corrected chi connectivity index (χ3v) is 4.76. The molecule has 2 heterocycles. The van der Waals surface area contributed by atoms with E-state index in [2.05, 4.69) is 50.2 Å². The van der Waals surface area contributed by atoms with Gasteiger partial charge >= 0.3 is 0 Å². The Balaban J connectivity index is 1.88. The summed E-state index contributed by atoms with van der Waals surface area (Å²) in [6, 6.07) is 14.3. The van der Waals surface area contributed by atoms with Gasteiger partial charge in [-0.15, -0.1) is 11.8 Å². The Kier molecular flexibility index (Phi) is 3.80. The molecule has 0 saturated heterocycles. The molecule has 0 N–H and O–H groups in total. The minimum Gasteiger partial charge on any atom is -0.256 e. The lowest BCUT2D eigenvalue weighted by Crippen LogP contribution is -1.88. The summed E-state index contributed by atoms with van der Waals surface area (Å²) >= 11 is 5.24. The zero-order chi connectivity index (χ0) is 13.1. The van der Waals surface area contributed by atoms with Crippen LogP contribution in [0.2, 0.25) is 0 Å². The van der Waals surface area contributed by atoms with Gasteiger partial charge < -0.3 is 0 Å². The molecule has 3 aromatic rings. The monoisotopic (exact) mass is 330 g/mol. The predicted octanol–water partition coefficient (Wildman–Crippen LogP) is 4.68. The number of halogens is 1. The van der Waals surface area contributed by atoms with E-state index in [-0.39, 0.29) is 0 Å². The maximum atomic E-state index is 4.47. The van der Waals surface area contributed by atoms with E-state index in [1.54, 1.807) is 11.8 Å². The van der Waals surface area contributed by atoms with Crippen molar-refractivity contribution in [3.63, 3.8) is 0 Å². The lowest BCUT2D eigenvalue weighted by atomic mass is 10.1. The van der Waals surface area contributed by atoms with Crippen LogP contribution in [0.15, 0.2) is 64.4 Å². The molecule has 4 heteroatoms. The summed E-state index contributed by atoms with van der Waals surface area (Å²) < 4.78 is 1.04. The van der Waals surface area contributed by atoms with Gasteiger partial charge in [0.05, 0.1) is 5.52 Å². The van der Waals surface area contributed by atoms with Crippen molar-refractivity contribution in [3.8, 4) is 0 Å². The van der Waals surface area contributed by atoms with Crippen molar-refractivity contribution >= 4 is 38.6 Å². The number of para-hydroxylation sites is 1. The maximum Gasteiger partial charge on any atom is 0.110 e. The van der Waals surface area contributed by atoms with Crippen molar-refractivity contribution in [2.24, 2.45) is 0 Å². The molecule has 0 aliphatic carbocycles. The molecule has 2 aromatic heterocycles. The minimum absolute atomic E-state index is 0.865. The highest BCUT2D eigenvalue weighted by molar-refractivity contribution is 9.10. The van der Waals surface area contributed by atoms with Crippen molar-refractivity contribution in [3.05, 3.63) is 64.9 Å². The topological polar surface area (TPSA) is 25.8 Å². The quantitative estimate of drug-likeness (QED) is 0.652. The fraction of sp³-hybridized carbons (Fsp3) is 0.0667. The minimum atomic E-state index is 0.865. The number of aromatic nitrogens is 2. The molecule has 0 aliphatic rings. The lowest BCUT2D eigenvalue weighted by Gasteiger charge is -2.06. The van der Waals surface area contributed by atoms with Crippen LogP contribution in [0.5, 0.6) is 0 Å². The first-order chi connectivity index (χ1) is 9.34. The van der Waals surface area contributed by atoms with Gasteiger partial charge in [0.2, 0.25) is 0 Å². The number of hydrogen-bond acceptors (Lipinski definition) is 3. The van der Waals surface area contributed by atoms with E-state index in [0.29, 0.717) is 0 Å². The van der Waals surface area contributed by atoms with E-state index >= 15 is 0 Å². The van der Waals surface area contributed by atoms with E-state index < -0.39 is 0 Å². The standard InChI is InChI=1S/C15H11BrN2S/c16-13-7-3-9-18-15(13)19-10-12-5-1-4-11-6-2-8-17-14(11)12/h1-9H,10H2. The summed E-state index contributed by atoms with van der Waals surface area (Å²) in [7, 11) is 0. The Morgan fingerprint density at radius 3 is 2.63 bits per heavy atom. The van der Waals surface area contributed by atoms with E-state index in [1.165, 1.54) is 10.9 Å². The number of nitrogens with zero attached hydrogens (tertiary/aromatic N) is 2. The van der Waals surface area contributed by atoms with Gasteiger partial charge in [0.25, 0.3) is 0 Å². The molecule has 0 atom stereocenters. The van der Waals surface area contributed by atoms with Crippen LogP contribution in [0, 0.1) is 0 Å². The number of rotatable bonds is 3. The molecule has 1 aromatic carbocycles. The number of fused-ring (bicyclic) bond motifs is 1. The van der Waals surface area contributed by atoms with Gasteiger partial charge in [0.1, 0.15) is 5.03 Å². The molecule has 2 nitrogen and oxygen atoms in total. The molecule has 0 unspecified atom stereocenters. The van der Waals surface area contributed by atoms with Gasteiger partial charge in [-0.3, -0.25) is 4.98 Å². The smallest absolute Gasteiger partial charge is 0.110 e. The van der Waals surface area contributed by atoms with Gasteiger partial charge in [-0.05, 0) is 39.7 Å². The molecule has 0 saturated carbocycles. The highest BCUT2D eigenvalue weighted by Crippen LogP contribution is 2.29. The first-order valence-corrected chi connectivity index (χ1v) is 7.68. The van der Waals surface area contributed by atoms with Crippen molar-refractivity contribution < 1.29 is 0 Å². The maximum absolute atomic E-state index is 4.47. The molecule has 0 amide bonds. The second-order valence-corrected chi connectivity index (χ2v) is 5.89. The van der Waals surface area contributed by atoms with E-state index in [4.69, 9.17) is 0 Å². The Labute approximate surface area is 124 Å². The first kappa shape index (κ1) is 12.6. The van der Waals surface area contributed by atoms with Gasteiger partial charge in [0, 0.05) is 28.0 Å². The van der Waals surface area contributed by atoms with Gasteiger partial charge in [-0.25, -0.2) is 4.98 Å². The zero-order valence-corrected chi connectivity index (χ0v) is 12.5. The van der Waals surface area contributed by atoms with Gasteiger partial charge in [-0.2, -0.15) is 0 Å². The average molecular weight is 331 g/mol. The molecule has 0 spiro atoms. The number of thioether (sulfide) groups is 1. The third kappa shape index (κ3) is 2.80. The molecule has 0 fully saturated rings. The molecule has 0 bridgehead atoms. The van der Waals surface area contributed by atoms with E-state index in [9.17, 15) is 0 Å². The molecular formula is C15H11BrN2S. The van der Waals surface area contributed by atoms with Crippen LogP contribution < -0.4 is 0 Å². The van der Waals surface area contributed by atoms with Crippen LogP contribution in [-0.4, -0.2) is 9.97 Å². The Morgan fingerprint density at radius 1 is 0.947 bits per heavy atom. The van der Waals surface area contributed by atoms with Crippen LogP contribution in [0.3, 0.4) is 0 Å². The van der Waals surface area contributed by atoms with Crippen LogP contribution in [-0.2, 0) is 5.75 Å². The van der Waals surface area contributed by atoms with Gasteiger partial charge in [-0.1, -0.05) is 24.3 Å². The summed E-state index contributed by atoms with van der Waals surface area (Å²) in [6.45, 7) is 0. The number of hydrogen-bond donors (Lipinski definition) is 0. The Hall–Kier alpha value is -1.39. The molecule has 0 radical (unpaired) electrons. The molecule has 94 valence electrons. The summed E-state index contributed by atoms with van der Waals surface area (Å²) in [6.07, 6.45) is 3.65. The molecule has 0 aliphatic heterocycles. The van der Waals surface area contributed by atoms with Crippen molar-refractivity contribution in [2.75, 3.05) is 0 Å².